The molecule has 0 fully saturated rings. The molecule has 0 spiro atoms. The normalized spacial score (nSPS) is 11.3. The van der Waals surface area contributed by atoms with Crippen molar-refractivity contribution in [2.45, 2.75) is 31.7 Å². The van der Waals surface area contributed by atoms with Crippen LogP contribution < -0.4 is 5.32 Å². The van der Waals surface area contributed by atoms with Crippen LogP contribution in [0, 0.1) is 6.92 Å². The third kappa shape index (κ3) is 3.90. The molecule has 29 heavy (non-hydrogen) atoms. The molecule has 0 aliphatic carbocycles. The van der Waals surface area contributed by atoms with Gasteiger partial charge in [-0.25, -0.2) is 14.6 Å². The minimum Gasteiger partial charge on any atom is -0.298 e. The van der Waals surface area contributed by atoms with Crippen LogP contribution in [0.25, 0.3) is 22.3 Å². The number of hydrogen-bond donors (Lipinski definition) is 1. The summed E-state index contributed by atoms with van der Waals surface area (Å²) < 4.78 is 1.86. The van der Waals surface area contributed by atoms with Crippen molar-refractivity contribution in [2.24, 2.45) is 0 Å². The first-order valence-electron chi connectivity index (χ1n) is 9.22. The number of hydrogen-bond acceptors (Lipinski definition) is 6. The van der Waals surface area contributed by atoms with Crippen molar-refractivity contribution < 1.29 is 4.79 Å². The quantitative estimate of drug-likeness (QED) is 0.434. The molecule has 8 heteroatoms. The molecule has 0 saturated carbocycles. The zero-order valence-corrected chi connectivity index (χ0v) is 18.3. The summed E-state index contributed by atoms with van der Waals surface area (Å²) in [6.45, 7) is 5.95. The van der Waals surface area contributed by atoms with Gasteiger partial charge in [0.2, 0.25) is 0 Å². The van der Waals surface area contributed by atoms with Gasteiger partial charge in [-0.1, -0.05) is 12.1 Å². The maximum absolute atomic E-state index is 12.8. The van der Waals surface area contributed by atoms with E-state index in [1.165, 1.54) is 16.2 Å². The van der Waals surface area contributed by atoms with Gasteiger partial charge in [-0.3, -0.25) is 10.1 Å². The first-order chi connectivity index (χ1) is 14.0. The first-order valence-corrected chi connectivity index (χ1v) is 11.3. The summed E-state index contributed by atoms with van der Waals surface area (Å²) in [5.41, 5.74) is 3.87. The summed E-state index contributed by atoms with van der Waals surface area (Å²) in [6.07, 6.45) is 3.80. The van der Waals surface area contributed by atoms with E-state index in [4.69, 9.17) is 0 Å². The first kappa shape index (κ1) is 19.6. The highest BCUT2D eigenvalue weighted by atomic mass is 32.2. The van der Waals surface area contributed by atoms with Crippen LogP contribution in [0.3, 0.4) is 0 Å². The molecule has 0 atom stereocenters. The van der Waals surface area contributed by atoms with E-state index in [-0.39, 0.29) is 11.9 Å². The van der Waals surface area contributed by atoms with Gasteiger partial charge in [-0.2, -0.15) is 5.10 Å². The SMILES string of the molecule is CSc1ccc(-c2csc(NC(=O)c3cc4cnn(C(C)C)c4nc3C)n2)cc1. The van der Waals surface area contributed by atoms with Crippen LogP contribution in [0.1, 0.15) is 35.9 Å². The molecule has 0 unspecified atom stereocenters. The van der Waals surface area contributed by atoms with E-state index in [2.05, 4.69) is 46.4 Å². The number of rotatable bonds is 5. The lowest BCUT2D eigenvalue weighted by atomic mass is 10.1. The monoisotopic (exact) mass is 423 g/mol. The summed E-state index contributed by atoms with van der Waals surface area (Å²) in [6, 6.07) is 10.3. The van der Waals surface area contributed by atoms with Crippen LogP contribution in [0.15, 0.2) is 46.8 Å². The molecule has 0 bridgehead atoms. The number of anilines is 1. The fraction of sp³-hybridized carbons (Fsp3) is 0.238. The van der Waals surface area contributed by atoms with E-state index in [1.54, 1.807) is 18.0 Å². The molecular weight excluding hydrogens is 402 g/mol. The molecule has 4 aromatic rings. The lowest BCUT2D eigenvalue weighted by Crippen LogP contribution is -2.14. The van der Waals surface area contributed by atoms with Crippen LogP contribution in [0.2, 0.25) is 0 Å². The summed E-state index contributed by atoms with van der Waals surface area (Å²) in [5, 5.41) is 10.6. The molecule has 6 nitrogen and oxygen atoms in total. The Hall–Kier alpha value is -2.71. The average Bonchev–Trinajstić information content (AvgIpc) is 3.34. The zero-order valence-electron chi connectivity index (χ0n) is 16.6. The van der Waals surface area contributed by atoms with Crippen molar-refractivity contribution >= 4 is 45.2 Å². The molecule has 1 amide bonds. The van der Waals surface area contributed by atoms with Crippen LogP contribution in [-0.4, -0.2) is 31.9 Å². The number of thioether (sulfide) groups is 1. The number of benzene rings is 1. The Balaban J connectivity index is 1.56. The molecule has 3 heterocycles. The highest BCUT2D eigenvalue weighted by molar-refractivity contribution is 7.98. The van der Waals surface area contributed by atoms with Gasteiger partial charge in [-0.15, -0.1) is 23.1 Å². The average molecular weight is 424 g/mol. The number of pyridine rings is 1. The van der Waals surface area contributed by atoms with Crippen molar-refractivity contribution in [3.8, 4) is 11.3 Å². The number of nitrogens with zero attached hydrogens (tertiary/aromatic N) is 4. The Morgan fingerprint density at radius 2 is 1.97 bits per heavy atom. The molecule has 1 aromatic carbocycles. The maximum Gasteiger partial charge on any atom is 0.259 e. The molecule has 0 saturated heterocycles. The second-order valence-electron chi connectivity index (χ2n) is 6.94. The summed E-state index contributed by atoms with van der Waals surface area (Å²) in [7, 11) is 0. The highest BCUT2D eigenvalue weighted by Crippen LogP contribution is 2.27. The van der Waals surface area contributed by atoms with Gasteiger partial charge < -0.3 is 0 Å². The van der Waals surface area contributed by atoms with E-state index in [0.717, 1.165) is 22.3 Å². The standard InChI is InChI=1S/C21H21N5OS2/c1-12(2)26-19-15(10-22-26)9-17(13(3)23-19)20(27)25-21-24-18(11-29-21)14-5-7-16(28-4)8-6-14/h5-12H,1-4H3,(H,24,25,27). The number of thiazole rings is 1. The predicted octanol–water partition coefficient (Wildman–Crippen LogP) is 5.42. The molecule has 4 rings (SSSR count). The zero-order chi connectivity index (χ0) is 20.5. The van der Waals surface area contributed by atoms with Gasteiger partial charge >= 0.3 is 0 Å². The highest BCUT2D eigenvalue weighted by Gasteiger charge is 2.17. The van der Waals surface area contributed by atoms with Crippen LogP contribution in [0.4, 0.5) is 5.13 Å². The topological polar surface area (TPSA) is 72.7 Å². The number of nitrogens with one attached hydrogen (secondary N) is 1. The number of carbonyl (C=O) groups is 1. The van der Waals surface area contributed by atoms with E-state index >= 15 is 0 Å². The summed E-state index contributed by atoms with van der Waals surface area (Å²) in [5.74, 6) is -0.215. The third-order valence-corrected chi connectivity index (χ3v) is 6.11. The number of amides is 1. The van der Waals surface area contributed by atoms with Gasteiger partial charge in [-0.05, 0) is 45.2 Å². The molecule has 1 N–H and O–H groups in total. The van der Waals surface area contributed by atoms with Crippen molar-refractivity contribution in [3.63, 3.8) is 0 Å². The smallest absolute Gasteiger partial charge is 0.259 e. The Morgan fingerprint density at radius 3 is 2.66 bits per heavy atom. The molecule has 0 radical (unpaired) electrons. The largest absolute Gasteiger partial charge is 0.298 e. The fourth-order valence-electron chi connectivity index (χ4n) is 3.06. The van der Waals surface area contributed by atoms with E-state index < -0.39 is 0 Å². The Labute approximate surface area is 177 Å². The minimum absolute atomic E-state index is 0.206. The third-order valence-electron chi connectivity index (χ3n) is 4.60. The number of aryl methyl sites for hydroxylation is 1. The van der Waals surface area contributed by atoms with Gasteiger partial charge in [0.15, 0.2) is 10.8 Å². The van der Waals surface area contributed by atoms with Gasteiger partial charge in [0.1, 0.15) is 0 Å². The second kappa shape index (κ2) is 7.96. The van der Waals surface area contributed by atoms with Crippen molar-refractivity contribution in [1.82, 2.24) is 19.7 Å². The van der Waals surface area contributed by atoms with Crippen molar-refractivity contribution in [3.05, 3.63) is 53.2 Å². The van der Waals surface area contributed by atoms with Gasteiger partial charge in [0.25, 0.3) is 5.91 Å². The summed E-state index contributed by atoms with van der Waals surface area (Å²) in [4.78, 5) is 23.2. The van der Waals surface area contributed by atoms with Crippen LogP contribution >= 0.6 is 23.1 Å². The lowest BCUT2D eigenvalue weighted by Gasteiger charge is -2.09. The Bertz CT molecular complexity index is 1180. The molecule has 0 aliphatic rings. The fourth-order valence-corrected chi connectivity index (χ4v) is 4.19. The summed E-state index contributed by atoms with van der Waals surface area (Å²) >= 11 is 3.11. The molecular formula is C21H21N5OS2. The predicted molar refractivity (Wildman–Crippen MR) is 120 cm³/mol. The minimum atomic E-state index is -0.215. The number of aromatic nitrogens is 4. The van der Waals surface area contributed by atoms with E-state index in [9.17, 15) is 4.79 Å². The van der Waals surface area contributed by atoms with Crippen LogP contribution in [0.5, 0.6) is 0 Å². The van der Waals surface area contributed by atoms with Crippen LogP contribution in [-0.2, 0) is 0 Å². The number of carbonyl (C=O) groups excluding carboxylic acids is 1. The van der Waals surface area contributed by atoms with Gasteiger partial charge in [0, 0.05) is 27.3 Å². The lowest BCUT2D eigenvalue weighted by molar-refractivity contribution is 0.102. The molecule has 148 valence electrons. The van der Waals surface area contributed by atoms with Gasteiger partial charge in [0.05, 0.1) is 23.1 Å². The van der Waals surface area contributed by atoms with E-state index in [1.807, 2.05) is 41.4 Å². The molecule has 0 aliphatic heterocycles. The Morgan fingerprint density at radius 1 is 1.21 bits per heavy atom. The number of fused-ring (bicyclic) bond motifs is 1. The maximum atomic E-state index is 12.8. The van der Waals surface area contributed by atoms with Crippen molar-refractivity contribution in [1.29, 1.82) is 0 Å². The van der Waals surface area contributed by atoms with Crippen molar-refractivity contribution in [2.75, 3.05) is 11.6 Å². The molecule has 3 aromatic heterocycles. The second-order valence-corrected chi connectivity index (χ2v) is 8.68. The Kier molecular flexibility index (Phi) is 5.38. The van der Waals surface area contributed by atoms with E-state index in [0.29, 0.717) is 16.4 Å².